The van der Waals surface area contributed by atoms with Crippen LogP contribution in [0, 0.1) is 0 Å². The van der Waals surface area contributed by atoms with Crippen molar-refractivity contribution in [3.63, 3.8) is 0 Å². The van der Waals surface area contributed by atoms with Gasteiger partial charge in [0.25, 0.3) is 5.22 Å². The topological polar surface area (TPSA) is 96.6 Å². The summed E-state index contributed by atoms with van der Waals surface area (Å²) in [5, 5.41) is 8.34. The highest BCUT2D eigenvalue weighted by molar-refractivity contribution is 7.99. The van der Waals surface area contributed by atoms with Gasteiger partial charge in [0.2, 0.25) is 21.8 Å². The van der Waals surface area contributed by atoms with Gasteiger partial charge in [0, 0.05) is 30.9 Å². The van der Waals surface area contributed by atoms with Crippen LogP contribution in [0.3, 0.4) is 0 Å². The van der Waals surface area contributed by atoms with Crippen molar-refractivity contribution in [1.82, 2.24) is 19.4 Å². The standard InChI is InChI=1S/C22H30N4O4S2/c1-4-25(5-2)32(28,29)19-14-10-11-17(15-19)21-23-24-22(30-21)31-16-20(27)26(6-3)18-12-8-7-9-13-18/h10-12,14-15H,4-9,13,16H2,1-3H3. The van der Waals surface area contributed by atoms with Crippen LogP contribution in [-0.2, 0) is 14.8 Å². The monoisotopic (exact) mass is 478 g/mol. The van der Waals surface area contributed by atoms with Crippen LogP contribution in [0.4, 0.5) is 0 Å². The number of hydrogen-bond donors (Lipinski definition) is 0. The van der Waals surface area contributed by atoms with E-state index < -0.39 is 10.0 Å². The molecule has 3 rings (SSSR count). The van der Waals surface area contributed by atoms with E-state index in [2.05, 4.69) is 16.3 Å². The predicted octanol–water partition coefficient (Wildman–Crippen LogP) is 4.17. The molecule has 10 heteroatoms. The summed E-state index contributed by atoms with van der Waals surface area (Å²) in [5.74, 6) is 0.431. The zero-order valence-electron chi connectivity index (χ0n) is 18.8. The highest BCUT2D eigenvalue weighted by Gasteiger charge is 2.23. The van der Waals surface area contributed by atoms with E-state index in [1.807, 2.05) is 11.8 Å². The number of hydrogen-bond acceptors (Lipinski definition) is 7. The molecule has 0 saturated carbocycles. The number of amides is 1. The molecular formula is C22H30N4O4S2. The molecule has 0 unspecified atom stereocenters. The lowest BCUT2D eigenvalue weighted by atomic mass is 10.0. The molecule has 1 aromatic carbocycles. The molecule has 0 fully saturated rings. The summed E-state index contributed by atoms with van der Waals surface area (Å²) in [6.07, 6.45) is 6.38. The number of aromatic nitrogens is 2. The van der Waals surface area contributed by atoms with Gasteiger partial charge in [-0.1, -0.05) is 37.8 Å². The lowest BCUT2D eigenvalue weighted by Gasteiger charge is -2.26. The van der Waals surface area contributed by atoms with E-state index in [-0.39, 0.29) is 27.7 Å². The Morgan fingerprint density at radius 2 is 1.91 bits per heavy atom. The van der Waals surface area contributed by atoms with Crippen LogP contribution >= 0.6 is 11.8 Å². The number of nitrogens with zero attached hydrogens (tertiary/aromatic N) is 4. The molecule has 0 spiro atoms. The van der Waals surface area contributed by atoms with Gasteiger partial charge in [0.15, 0.2) is 0 Å². The molecule has 1 aliphatic carbocycles. The van der Waals surface area contributed by atoms with Crippen LogP contribution in [0.1, 0.15) is 46.5 Å². The fourth-order valence-corrected chi connectivity index (χ4v) is 5.84. The van der Waals surface area contributed by atoms with Crippen LogP contribution in [0.15, 0.2) is 50.6 Å². The van der Waals surface area contributed by atoms with Crippen molar-refractivity contribution >= 4 is 27.7 Å². The predicted molar refractivity (Wildman–Crippen MR) is 125 cm³/mol. The smallest absolute Gasteiger partial charge is 0.277 e. The van der Waals surface area contributed by atoms with Gasteiger partial charge in [-0.2, -0.15) is 4.31 Å². The molecule has 1 aliphatic rings. The number of thioether (sulfide) groups is 1. The molecule has 0 bridgehead atoms. The van der Waals surface area contributed by atoms with Crippen molar-refractivity contribution in [2.24, 2.45) is 0 Å². The molecule has 2 aromatic rings. The summed E-state index contributed by atoms with van der Waals surface area (Å²) in [7, 11) is -3.59. The molecule has 0 N–H and O–H groups in total. The van der Waals surface area contributed by atoms with E-state index in [1.165, 1.54) is 28.6 Å². The molecule has 1 amide bonds. The van der Waals surface area contributed by atoms with E-state index in [4.69, 9.17) is 4.42 Å². The second kappa shape index (κ2) is 11.1. The first-order valence-electron chi connectivity index (χ1n) is 11.0. The summed E-state index contributed by atoms with van der Waals surface area (Å²) in [5.41, 5.74) is 1.62. The van der Waals surface area contributed by atoms with Crippen molar-refractivity contribution < 1.29 is 17.6 Å². The van der Waals surface area contributed by atoms with Crippen molar-refractivity contribution in [1.29, 1.82) is 0 Å². The third-order valence-corrected chi connectivity index (χ3v) is 8.23. The van der Waals surface area contributed by atoms with Gasteiger partial charge >= 0.3 is 0 Å². The van der Waals surface area contributed by atoms with Crippen LogP contribution in [0.25, 0.3) is 11.5 Å². The van der Waals surface area contributed by atoms with Gasteiger partial charge in [0.1, 0.15) is 0 Å². The van der Waals surface area contributed by atoms with Crippen LogP contribution in [-0.4, -0.2) is 59.1 Å². The highest BCUT2D eigenvalue weighted by atomic mass is 32.2. The number of rotatable bonds is 10. The quantitative estimate of drug-likeness (QED) is 0.473. The highest BCUT2D eigenvalue weighted by Crippen LogP contribution is 2.27. The largest absolute Gasteiger partial charge is 0.411 e. The van der Waals surface area contributed by atoms with Crippen molar-refractivity contribution in [3.8, 4) is 11.5 Å². The Balaban J connectivity index is 1.70. The molecule has 0 saturated heterocycles. The molecule has 174 valence electrons. The summed E-state index contributed by atoms with van der Waals surface area (Å²) in [6.45, 7) is 7.00. The maximum absolute atomic E-state index is 12.8. The number of carbonyl (C=O) groups excluding carboxylic acids is 1. The van der Waals surface area contributed by atoms with Gasteiger partial charge < -0.3 is 9.32 Å². The average Bonchev–Trinajstić information content (AvgIpc) is 3.29. The maximum atomic E-state index is 12.8. The molecular weight excluding hydrogens is 448 g/mol. The Kier molecular flexibility index (Phi) is 8.50. The molecule has 8 nitrogen and oxygen atoms in total. The first-order chi connectivity index (χ1) is 15.4. The van der Waals surface area contributed by atoms with Crippen molar-refractivity contribution in [2.45, 2.75) is 56.6 Å². The van der Waals surface area contributed by atoms with E-state index in [9.17, 15) is 13.2 Å². The fourth-order valence-electron chi connectivity index (χ4n) is 3.69. The lowest BCUT2D eigenvalue weighted by Crippen LogP contribution is -2.32. The van der Waals surface area contributed by atoms with E-state index in [0.717, 1.165) is 25.0 Å². The van der Waals surface area contributed by atoms with E-state index in [1.54, 1.807) is 32.0 Å². The lowest BCUT2D eigenvalue weighted by molar-refractivity contribution is -0.126. The molecule has 0 radical (unpaired) electrons. The van der Waals surface area contributed by atoms with Gasteiger partial charge in [-0.15, -0.1) is 10.2 Å². The second-order valence-corrected chi connectivity index (χ2v) is 10.2. The molecule has 32 heavy (non-hydrogen) atoms. The molecule has 0 aliphatic heterocycles. The van der Waals surface area contributed by atoms with Gasteiger partial charge in [-0.25, -0.2) is 8.42 Å². The second-order valence-electron chi connectivity index (χ2n) is 7.36. The number of allylic oxidation sites excluding steroid dienone is 2. The first-order valence-corrected chi connectivity index (χ1v) is 13.4. The van der Waals surface area contributed by atoms with Gasteiger partial charge in [-0.05, 0) is 50.8 Å². The molecule has 1 aromatic heterocycles. The molecule has 1 heterocycles. The van der Waals surface area contributed by atoms with Crippen LogP contribution in [0.2, 0.25) is 0 Å². The zero-order valence-corrected chi connectivity index (χ0v) is 20.4. The third kappa shape index (κ3) is 5.60. The van der Waals surface area contributed by atoms with Crippen LogP contribution < -0.4 is 0 Å². The number of carbonyl (C=O) groups is 1. The van der Waals surface area contributed by atoms with Gasteiger partial charge in [-0.3, -0.25) is 4.79 Å². The summed E-state index contributed by atoms with van der Waals surface area (Å²) in [4.78, 5) is 14.7. The Morgan fingerprint density at radius 3 is 2.56 bits per heavy atom. The minimum absolute atomic E-state index is 0.0118. The van der Waals surface area contributed by atoms with Crippen LogP contribution in [0.5, 0.6) is 0 Å². The average molecular weight is 479 g/mol. The Hall–Kier alpha value is -2.17. The van der Waals surface area contributed by atoms with Gasteiger partial charge in [0.05, 0.1) is 10.6 Å². The summed E-state index contributed by atoms with van der Waals surface area (Å²) < 4.78 is 32.7. The third-order valence-electron chi connectivity index (χ3n) is 5.38. The minimum atomic E-state index is -3.59. The van der Waals surface area contributed by atoms with E-state index >= 15 is 0 Å². The first kappa shape index (κ1) is 24.5. The zero-order chi connectivity index (χ0) is 23.1. The summed E-state index contributed by atoms with van der Waals surface area (Å²) >= 11 is 1.19. The Labute approximate surface area is 194 Å². The number of sulfonamides is 1. The maximum Gasteiger partial charge on any atom is 0.277 e. The van der Waals surface area contributed by atoms with Crippen molar-refractivity contribution in [2.75, 3.05) is 25.4 Å². The fraction of sp³-hybridized carbons (Fsp3) is 0.500. The number of benzene rings is 1. The molecule has 0 atom stereocenters. The van der Waals surface area contributed by atoms with E-state index in [0.29, 0.717) is 25.2 Å². The minimum Gasteiger partial charge on any atom is -0.411 e. The Bertz CT molecular complexity index is 1060. The summed E-state index contributed by atoms with van der Waals surface area (Å²) in [6, 6.07) is 6.47. The Morgan fingerprint density at radius 1 is 1.12 bits per heavy atom. The SMILES string of the molecule is CCN(C(=O)CSc1nnc(-c2cccc(S(=O)(=O)N(CC)CC)c2)o1)C1=CCCCC1. The van der Waals surface area contributed by atoms with Crippen molar-refractivity contribution in [3.05, 3.63) is 36.0 Å². The normalized spacial score (nSPS) is 14.4.